The lowest BCUT2D eigenvalue weighted by Gasteiger charge is -2.13. The lowest BCUT2D eigenvalue weighted by Crippen LogP contribution is -2.27. The first kappa shape index (κ1) is 21.7. The second kappa shape index (κ2) is 9.40. The van der Waals surface area contributed by atoms with E-state index in [1.807, 2.05) is 58.7 Å². The Morgan fingerprint density at radius 1 is 1.03 bits per heavy atom. The molecule has 3 heterocycles. The number of carbonyl (C=O) groups excluding carboxylic acids is 1. The van der Waals surface area contributed by atoms with Crippen molar-refractivity contribution in [2.75, 3.05) is 7.05 Å². The number of amides is 1. The van der Waals surface area contributed by atoms with Crippen molar-refractivity contribution in [2.45, 2.75) is 13.1 Å². The number of aromatic nitrogens is 5. The molecule has 9 heteroatoms. The van der Waals surface area contributed by atoms with Crippen LogP contribution in [0.3, 0.4) is 0 Å². The van der Waals surface area contributed by atoms with E-state index in [0.717, 1.165) is 16.0 Å². The number of carbonyl (C=O) groups is 1. The molecule has 0 N–H and O–H groups in total. The van der Waals surface area contributed by atoms with Crippen LogP contribution in [0.1, 0.15) is 21.7 Å². The van der Waals surface area contributed by atoms with E-state index >= 15 is 0 Å². The fourth-order valence-electron chi connectivity index (χ4n) is 3.59. The Labute approximate surface area is 199 Å². The number of hydrogen-bond donors (Lipinski definition) is 0. The van der Waals surface area contributed by atoms with Gasteiger partial charge in [-0.3, -0.25) is 9.48 Å². The van der Waals surface area contributed by atoms with Gasteiger partial charge in [0.2, 0.25) is 5.82 Å². The summed E-state index contributed by atoms with van der Waals surface area (Å²) in [5.41, 5.74) is 2.68. The van der Waals surface area contributed by atoms with E-state index in [-0.39, 0.29) is 17.5 Å². The number of halogens is 1. The quantitative estimate of drug-likeness (QED) is 0.346. The van der Waals surface area contributed by atoms with Crippen LogP contribution in [0.15, 0.2) is 84.5 Å². The normalized spacial score (nSPS) is 11.0. The fraction of sp³-hybridized carbons (Fsp3) is 0.120. The van der Waals surface area contributed by atoms with Crippen molar-refractivity contribution in [1.82, 2.24) is 29.4 Å². The van der Waals surface area contributed by atoms with Crippen LogP contribution >= 0.6 is 11.3 Å². The molecule has 0 spiro atoms. The van der Waals surface area contributed by atoms with Gasteiger partial charge in [0.25, 0.3) is 5.91 Å². The summed E-state index contributed by atoms with van der Waals surface area (Å²) in [7, 11) is 1.71. The van der Waals surface area contributed by atoms with E-state index in [1.54, 1.807) is 35.0 Å². The molecule has 170 valence electrons. The Morgan fingerprint density at radius 2 is 1.82 bits per heavy atom. The highest BCUT2D eigenvalue weighted by atomic mass is 32.1. The summed E-state index contributed by atoms with van der Waals surface area (Å²) in [6.45, 7) is 1.03. The number of hydrogen-bond acceptors (Lipinski definition) is 5. The largest absolute Gasteiger partial charge is 0.334 e. The van der Waals surface area contributed by atoms with Crippen LogP contribution in [-0.4, -0.2) is 42.4 Å². The lowest BCUT2D eigenvalue weighted by molar-refractivity contribution is 0.0773. The number of thiophene rings is 1. The monoisotopic (exact) mass is 472 g/mol. The molecule has 0 radical (unpaired) electrons. The van der Waals surface area contributed by atoms with Crippen LogP contribution in [0.4, 0.5) is 4.39 Å². The van der Waals surface area contributed by atoms with E-state index in [4.69, 9.17) is 0 Å². The number of rotatable bonds is 7. The molecule has 3 aromatic heterocycles. The highest BCUT2D eigenvalue weighted by molar-refractivity contribution is 7.13. The Morgan fingerprint density at radius 3 is 2.56 bits per heavy atom. The molecule has 7 nitrogen and oxygen atoms in total. The molecule has 0 bridgehead atoms. The zero-order valence-corrected chi connectivity index (χ0v) is 19.2. The third kappa shape index (κ3) is 4.65. The van der Waals surface area contributed by atoms with Crippen molar-refractivity contribution >= 4 is 17.2 Å². The minimum absolute atomic E-state index is 0.0758. The molecule has 5 rings (SSSR count). The third-order valence-electron chi connectivity index (χ3n) is 5.25. The minimum atomic E-state index is -0.342. The summed E-state index contributed by atoms with van der Waals surface area (Å²) in [5.74, 6) is -0.0409. The summed E-state index contributed by atoms with van der Waals surface area (Å²) < 4.78 is 16.9. The van der Waals surface area contributed by atoms with Gasteiger partial charge in [-0.2, -0.15) is 5.10 Å². The van der Waals surface area contributed by atoms with Gasteiger partial charge in [0.15, 0.2) is 5.82 Å². The lowest BCUT2D eigenvalue weighted by atomic mass is 10.2. The maximum atomic E-state index is 13.4. The SMILES string of the molecule is CN(Cc1cnn(Cc2ccccc2)c1)C(=O)c1nc(-c2cccs2)n(-c2ccc(F)cc2)n1. The molecule has 0 saturated carbocycles. The van der Waals surface area contributed by atoms with Crippen LogP contribution in [0.5, 0.6) is 0 Å². The molecule has 0 fully saturated rings. The van der Waals surface area contributed by atoms with Gasteiger partial charge in [0.05, 0.1) is 23.3 Å². The second-order valence-electron chi connectivity index (χ2n) is 7.82. The molecule has 0 unspecified atom stereocenters. The summed E-state index contributed by atoms with van der Waals surface area (Å²) in [5, 5.41) is 10.8. The van der Waals surface area contributed by atoms with Gasteiger partial charge in [0.1, 0.15) is 5.82 Å². The summed E-state index contributed by atoms with van der Waals surface area (Å²) in [6.07, 6.45) is 3.69. The molecule has 1 amide bonds. The van der Waals surface area contributed by atoms with Crippen molar-refractivity contribution in [1.29, 1.82) is 0 Å². The van der Waals surface area contributed by atoms with Crippen LogP contribution < -0.4 is 0 Å². The highest BCUT2D eigenvalue weighted by Gasteiger charge is 2.22. The van der Waals surface area contributed by atoms with E-state index < -0.39 is 0 Å². The summed E-state index contributed by atoms with van der Waals surface area (Å²) >= 11 is 1.49. The number of nitrogens with zero attached hydrogens (tertiary/aromatic N) is 6. The van der Waals surface area contributed by atoms with Crippen LogP contribution in [-0.2, 0) is 13.1 Å². The molecule has 2 aromatic carbocycles. The van der Waals surface area contributed by atoms with Gasteiger partial charge in [-0.25, -0.2) is 14.1 Å². The zero-order valence-electron chi connectivity index (χ0n) is 18.4. The van der Waals surface area contributed by atoms with E-state index in [9.17, 15) is 9.18 Å². The average molecular weight is 473 g/mol. The predicted octanol–water partition coefficient (Wildman–Crippen LogP) is 4.65. The standard InChI is InChI=1S/C25H21FN6OS/c1-30(15-19-14-27-31(17-19)16-18-6-3-2-4-7-18)25(33)23-28-24(22-8-5-13-34-22)32(29-23)21-11-9-20(26)10-12-21/h2-14,17H,15-16H2,1H3. The highest BCUT2D eigenvalue weighted by Crippen LogP contribution is 2.26. The first-order chi connectivity index (χ1) is 16.6. The second-order valence-corrected chi connectivity index (χ2v) is 8.77. The molecular weight excluding hydrogens is 451 g/mol. The molecule has 34 heavy (non-hydrogen) atoms. The van der Waals surface area contributed by atoms with Gasteiger partial charge in [-0.1, -0.05) is 36.4 Å². The van der Waals surface area contributed by atoms with Crippen molar-refractivity contribution in [3.05, 3.63) is 107 Å². The first-order valence-corrected chi connectivity index (χ1v) is 11.5. The predicted molar refractivity (Wildman–Crippen MR) is 128 cm³/mol. The van der Waals surface area contributed by atoms with Crippen molar-refractivity contribution in [2.24, 2.45) is 0 Å². The molecule has 0 aliphatic heterocycles. The van der Waals surface area contributed by atoms with Gasteiger partial charge >= 0.3 is 0 Å². The fourth-order valence-corrected chi connectivity index (χ4v) is 4.29. The maximum absolute atomic E-state index is 13.4. The Balaban J connectivity index is 1.36. The third-order valence-corrected chi connectivity index (χ3v) is 6.12. The van der Waals surface area contributed by atoms with Crippen LogP contribution in [0, 0.1) is 5.82 Å². The Hall–Kier alpha value is -4.11. The topological polar surface area (TPSA) is 68.8 Å². The van der Waals surface area contributed by atoms with Gasteiger partial charge in [-0.05, 0) is 41.3 Å². The molecular formula is C25H21FN6OS. The molecule has 5 aromatic rings. The molecule has 0 atom stereocenters. The van der Waals surface area contributed by atoms with Crippen molar-refractivity contribution in [3.63, 3.8) is 0 Å². The van der Waals surface area contributed by atoms with Crippen LogP contribution in [0.25, 0.3) is 16.4 Å². The summed E-state index contributed by atoms with van der Waals surface area (Å²) in [4.78, 5) is 20.1. The summed E-state index contributed by atoms with van der Waals surface area (Å²) in [6, 6.07) is 19.8. The molecule has 0 aliphatic rings. The van der Waals surface area contributed by atoms with Gasteiger partial charge in [0, 0.05) is 25.4 Å². The number of benzene rings is 2. The van der Waals surface area contributed by atoms with Gasteiger partial charge in [-0.15, -0.1) is 16.4 Å². The van der Waals surface area contributed by atoms with Crippen molar-refractivity contribution in [3.8, 4) is 16.4 Å². The van der Waals surface area contributed by atoms with E-state index in [1.165, 1.54) is 23.5 Å². The minimum Gasteiger partial charge on any atom is -0.334 e. The van der Waals surface area contributed by atoms with E-state index in [0.29, 0.717) is 24.6 Å². The van der Waals surface area contributed by atoms with Gasteiger partial charge < -0.3 is 4.90 Å². The molecule has 0 aliphatic carbocycles. The Bertz CT molecular complexity index is 1390. The van der Waals surface area contributed by atoms with Crippen molar-refractivity contribution < 1.29 is 9.18 Å². The first-order valence-electron chi connectivity index (χ1n) is 10.6. The Kier molecular flexibility index (Phi) is 6.01. The zero-order chi connectivity index (χ0) is 23.5. The molecule has 0 saturated heterocycles. The maximum Gasteiger partial charge on any atom is 0.293 e. The van der Waals surface area contributed by atoms with E-state index in [2.05, 4.69) is 15.2 Å². The average Bonchev–Trinajstić information content (AvgIpc) is 3.61. The smallest absolute Gasteiger partial charge is 0.293 e. The van der Waals surface area contributed by atoms with Crippen LogP contribution in [0.2, 0.25) is 0 Å².